The highest BCUT2D eigenvalue weighted by molar-refractivity contribution is 7.18. The van der Waals surface area contributed by atoms with Crippen LogP contribution in [0, 0.1) is 30.6 Å². The fourth-order valence-electron chi connectivity index (χ4n) is 7.88. The van der Waals surface area contributed by atoms with Crippen molar-refractivity contribution in [2.24, 2.45) is 5.41 Å². The largest absolute Gasteiger partial charge is 0.393 e. The number of likely N-dealkylation sites (tertiary alicyclic amines) is 1. The van der Waals surface area contributed by atoms with Crippen molar-refractivity contribution in [1.82, 2.24) is 24.8 Å². The van der Waals surface area contributed by atoms with Gasteiger partial charge in [0.15, 0.2) is 0 Å². The van der Waals surface area contributed by atoms with Crippen LogP contribution in [0.2, 0.25) is 0 Å². The number of fused-ring (bicyclic) bond motifs is 2. The maximum atomic E-state index is 13.0. The molecule has 3 saturated carbocycles. The molecule has 4 aliphatic rings. The van der Waals surface area contributed by atoms with Crippen molar-refractivity contribution in [3.8, 4) is 6.07 Å². The number of alkyl halides is 3. The number of thiophene rings is 1. The van der Waals surface area contributed by atoms with E-state index in [4.69, 9.17) is 0 Å². The molecule has 2 bridgehead atoms. The SMILES string of the molecule is Cc1nc(NC2CCN(Cc3ccc4c(cc(C#N)n4CC45CC(NC=O)(C4)C5)c3C)CC2)c2cc(CC(F)(F)F)sc2n1. The number of aromatic nitrogens is 3. The Labute approximate surface area is 257 Å². The average molecular weight is 622 g/mol. The van der Waals surface area contributed by atoms with Crippen molar-refractivity contribution < 1.29 is 18.0 Å². The third kappa shape index (κ3) is 5.20. The molecule has 0 spiro atoms. The van der Waals surface area contributed by atoms with Crippen LogP contribution in [0.3, 0.4) is 0 Å². The fourth-order valence-corrected chi connectivity index (χ4v) is 8.98. The second-order valence-electron chi connectivity index (χ2n) is 13.1. The summed E-state index contributed by atoms with van der Waals surface area (Å²) < 4.78 is 41.1. The molecular weight excluding hydrogens is 587 g/mol. The van der Waals surface area contributed by atoms with Crippen LogP contribution >= 0.6 is 11.3 Å². The molecule has 2 N–H and O–H groups in total. The Balaban J connectivity index is 1.01. The average Bonchev–Trinajstić information content (AvgIpc) is 3.49. The first-order chi connectivity index (χ1) is 21.0. The lowest BCUT2D eigenvalue weighted by Crippen LogP contribution is -2.74. The number of amides is 1. The molecule has 0 atom stereocenters. The van der Waals surface area contributed by atoms with E-state index in [0.717, 1.165) is 86.9 Å². The molecule has 4 fully saturated rings. The first kappa shape index (κ1) is 29.0. The Morgan fingerprint density at radius 1 is 1.14 bits per heavy atom. The summed E-state index contributed by atoms with van der Waals surface area (Å²) in [6.07, 6.45) is 0.286. The first-order valence-electron chi connectivity index (χ1n) is 15.0. The van der Waals surface area contributed by atoms with Gasteiger partial charge in [0, 0.05) is 53.5 Å². The van der Waals surface area contributed by atoms with E-state index in [2.05, 4.69) is 55.2 Å². The van der Waals surface area contributed by atoms with Crippen molar-refractivity contribution in [2.45, 2.75) is 83.2 Å². The van der Waals surface area contributed by atoms with Crippen molar-refractivity contribution >= 4 is 44.7 Å². The molecule has 1 saturated heterocycles. The van der Waals surface area contributed by atoms with Crippen molar-refractivity contribution in [1.29, 1.82) is 5.26 Å². The Bertz CT molecular complexity index is 1790. The van der Waals surface area contributed by atoms with Crippen molar-refractivity contribution in [3.05, 3.63) is 51.8 Å². The Morgan fingerprint density at radius 3 is 2.57 bits per heavy atom. The highest BCUT2D eigenvalue weighted by Gasteiger charge is 2.67. The van der Waals surface area contributed by atoms with E-state index in [0.29, 0.717) is 27.6 Å². The zero-order chi connectivity index (χ0) is 30.9. The minimum atomic E-state index is -4.26. The maximum absolute atomic E-state index is 13.0. The van der Waals surface area contributed by atoms with E-state index in [-0.39, 0.29) is 21.9 Å². The van der Waals surface area contributed by atoms with Crippen LogP contribution in [0.25, 0.3) is 21.1 Å². The number of carbonyl (C=O) groups excluding carboxylic acids is 1. The molecular formula is C32H34F3N7OS. The van der Waals surface area contributed by atoms with Crippen molar-refractivity contribution in [2.75, 3.05) is 18.4 Å². The Hall–Kier alpha value is -3.69. The van der Waals surface area contributed by atoms with Gasteiger partial charge in [0.1, 0.15) is 28.2 Å². The van der Waals surface area contributed by atoms with Gasteiger partial charge in [-0.3, -0.25) is 9.69 Å². The minimum Gasteiger partial charge on any atom is -0.367 e. The van der Waals surface area contributed by atoms with Gasteiger partial charge >= 0.3 is 6.18 Å². The molecule has 0 unspecified atom stereocenters. The summed E-state index contributed by atoms with van der Waals surface area (Å²) in [5.41, 5.74) is 4.36. The molecule has 8 nitrogen and oxygen atoms in total. The number of benzene rings is 1. The lowest BCUT2D eigenvalue weighted by molar-refractivity contribution is -0.166. The molecule has 4 heterocycles. The van der Waals surface area contributed by atoms with E-state index < -0.39 is 12.6 Å². The van der Waals surface area contributed by atoms with Crippen LogP contribution in [0.5, 0.6) is 0 Å². The number of halogens is 3. The van der Waals surface area contributed by atoms with Gasteiger partial charge in [0.25, 0.3) is 0 Å². The number of carbonyl (C=O) groups is 1. The van der Waals surface area contributed by atoms with Crippen LogP contribution in [0.4, 0.5) is 19.0 Å². The predicted molar refractivity (Wildman–Crippen MR) is 163 cm³/mol. The second-order valence-corrected chi connectivity index (χ2v) is 14.2. The number of nitrogens with zero attached hydrogens (tertiary/aromatic N) is 5. The number of rotatable bonds is 9. The first-order valence-corrected chi connectivity index (χ1v) is 15.9. The summed E-state index contributed by atoms with van der Waals surface area (Å²) in [6.45, 7) is 7.28. The number of hydrogen-bond donors (Lipinski definition) is 2. The lowest BCUT2D eigenvalue weighted by atomic mass is 9.39. The maximum Gasteiger partial charge on any atom is 0.393 e. The number of hydrogen-bond acceptors (Lipinski definition) is 7. The molecule has 3 aromatic heterocycles. The second kappa shape index (κ2) is 10.4. The summed E-state index contributed by atoms with van der Waals surface area (Å²) >= 11 is 1.08. The van der Waals surface area contributed by atoms with Crippen molar-refractivity contribution in [3.63, 3.8) is 0 Å². The molecule has 0 radical (unpaired) electrons. The minimum absolute atomic E-state index is 0.0202. The Kier molecular flexibility index (Phi) is 6.90. The van der Waals surface area contributed by atoms with Gasteiger partial charge in [-0.15, -0.1) is 11.3 Å². The number of anilines is 1. The monoisotopic (exact) mass is 621 g/mol. The van der Waals surface area contributed by atoms with E-state index in [9.17, 15) is 23.2 Å². The molecule has 1 aromatic carbocycles. The normalized spacial score (nSPS) is 23.7. The summed E-state index contributed by atoms with van der Waals surface area (Å²) in [5.74, 6) is 1.16. The summed E-state index contributed by atoms with van der Waals surface area (Å²) in [5, 5.41) is 18.2. The van der Waals surface area contributed by atoms with Gasteiger partial charge in [-0.1, -0.05) is 6.07 Å². The number of nitrogens with one attached hydrogen (secondary N) is 2. The van der Waals surface area contributed by atoms with Gasteiger partial charge < -0.3 is 15.2 Å². The van der Waals surface area contributed by atoms with E-state index in [1.165, 1.54) is 11.1 Å². The molecule has 12 heteroatoms. The number of nitriles is 1. The topological polar surface area (TPSA) is 98.9 Å². The molecule has 4 aromatic rings. The zero-order valence-corrected chi connectivity index (χ0v) is 25.5. The number of aryl methyl sites for hydroxylation is 2. The van der Waals surface area contributed by atoms with Crippen LogP contribution < -0.4 is 10.6 Å². The summed E-state index contributed by atoms with van der Waals surface area (Å²) in [4.78, 5) is 23.1. The van der Waals surface area contributed by atoms with Gasteiger partial charge in [-0.2, -0.15) is 18.4 Å². The van der Waals surface area contributed by atoms with E-state index >= 15 is 0 Å². The third-order valence-electron chi connectivity index (χ3n) is 9.83. The summed E-state index contributed by atoms with van der Waals surface area (Å²) in [6, 6.07) is 10.5. The van der Waals surface area contributed by atoms with Gasteiger partial charge in [0.05, 0.1) is 11.8 Å². The standard InChI is InChI=1S/C32H34F3N7OS/c1-19-21(3-4-27-25(19)9-23(12-36)42(27)17-30-14-31(15-30,16-30)37-18-43)13-41-7-5-22(6-8-41)40-28-26-10-24(11-32(33,34)35)44-29(26)39-20(2)38-28/h3-4,9-10,18,22H,5-8,11,13-17H2,1-2H3,(H,37,43)(H,38,39,40). The Morgan fingerprint density at radius 2 is 1.89 bits per heavy atom. The fraction of sp³-hybridized carbons (Fsp3) is 0.500. The van der Waals surface area contributed by atoms with Crippen LogP contribution in [-0.4, -0.2) is 56.7 Å². The molecule has 3 aliphatic carbocycles. The van der Waals surface area contributed by atoms with Crippen LogP contribution in [-0.2, 0) is 24.3 Å². The van der Waals surface area contributed by atoms with Crippen LogP contribution in [0.1, 0.15) is 59.6 Å². The van der Waals surface area contributed by atoms with Gasteiger partial charge in [-0.25, -0.2) is 9.97 Å². The molecule has 1 amide bonds. The molecule has 44 heavy (non-hydrogen) atoms. The summed E-state index contributed by atoms with van der Waals surface area (Å²) in [7, 11) is 0. The van der Waals surface area contributed by atoms with E-state index in [1.807, 2.05) is 6.07 Å². The van der Waals surface area contributed by atoms with Crippen LogP contribution in [0.15, 0.2) is 24.3 Å². The highest BCUT2D eigenvalue weighted by Crippen LogP contribution is 2.68. The van der Waals surface area contributed by atoms with Gasteiger partial charge in [-0.05, 0) is 80.7 Å². The molecule has 230 valence electrons. The molecule has 1 aliphatic heterocycles. The molecule has 8 rings (SSSR count). The smallest absolute Gasteiger partial charge is 0.367 e. The third-order valence-corrected chi connectivity index (χ3v) is 10.9. The predicted octanol–water partition coefficient (Wildman–Crippen LogP) is 5.98. The zero-order valence-electron chi connectivity index (χ0n) is 24.7. The quantitative estimate of drug-likeness (QED) is 0.223. The van der Waals surface area contributed by atoms with Gasteiger partial charge in [0.2, 0.25) is 6.41 Å². The van der Waals surface area contributed by atoms with E-state index in [1.54, 1.807) is 13.0 Å². The lowest BCUT2D eigenvalue weighted by Gasteiger charge is -2.70. The highest BCUT2D eigenvalue weighted by atomic mass is 32.1. The number of piperidine rings is 1.